The topological polar surface area (TPSA) is 9.23 Å². The molecule has 6 heteroatoms. The van der Waals surface area contributed by atoms with Crippen LogP contribution >= 0.6 is 22.6 Å². The summed E-state index contributed by atoms with van der Waals surface area (Å²) in [5.74, 6) is -2.66. The summed E-state index contributed by atoms with van der Waals surface area (Å²) in [4.78, 5) is 0. The molecule has 1 fully saturated rings. The van der Waals surface area contributed by atoms with Crippen molar-refractivity contribution in [2.45, 2.75) is 31.6 Å². The van der Waals surface area contributed by atoms with Crippen LogP contribution < -0.4 is 4.74 Å². The average molecular weight is 540 g/mol. The summed E-state index contributed by atoms with van der Waals surface area (Å²) in [5, 5.41) is 0. The van der Waals surface area contributed by atoms with Gasteiger partial charge in [-0.3, -0.25) is 0 Å². The van der Waals surface area contributed by atoms with Crippen molar-refractivity contribution in [1.29, 1.82) is 0 Å². The molecule has 0 amide bonds. The molecule has 3 aromatic rings. The summed E-state index contributed by atoms with van der Waals surface area (Å²) in [6, 6.07) is 14.4. The van der Waals surface area contributed by atoms with Crippen molar-refractivity contribution < 1.29 is 22.3 Å². The predicted octanol–water partition coefficient (Wildman–Crippen LogP) is 7.87. The van der Waals surface area contributed by atoms with Gasteiger partial charge in [0.15, 0.2) is 17.4 Å². The van der Waals surface area contributed by atoms with E-state index in [1.165, 1.54) is 24.3 Å². The molecule has 31 heavy (non-hydrogen) atoms. The SMILES string of the molecule is Fc1cc(C2CCC(COc3c(F)cc(-c4ccccc4)cc3F)CC2)cc(F)c1I. The zero-order chi connectivity index (χ0) is 22.0. The molecule has 1 nitrogen and oxygen atoms in total. The van der Waals surface area contributed by atoms with Crippen molar-refractivity contribution in [3.05, 3.63) is 87.0 Å². The summed E-state index contributed by atoms with van der Waals surface area (Å²) < 4.78 is 62.2. The first-order chi connectivity index (χ1) is 14.9. The summed E-state index contributed by atoms with van der Waals surface area (Å²) in [6.07, 6.45) is 3.05. The summed E-state index contributed by atoms with van der Waals surface area (Å²) in [7, 11) is 0. The highest BCUT2D eigenvalue weighted by atomic mass is 127. The quantitative estimate of drug-likeness (QED) is 0.182. The smallest absolute Gasteiger partial charge is 0.190 e. The van der Waals surface area contributed by atoms with Crippen LogP contribution in [0.25, 0.3) is 11.1 Å². The number of hydrogen-bond acceptors (Lipinski definition) is 1. The van der Waals surface area contributed by atoms with Gasteiger partial charge in [0, 0.05) is 0 Å². The molecule has 4 rings (SSSR count). The summed E-state index contributed by atoms with van der Waals surface area (Å²) in [6.45, 7) is 0.209. The van der Waals surface area contributed by atoms with Crippen LogP contribution in [0.4, 0.5) is 17.6 Å². The monoisotopic (exact) mass is 540 g/mol. The van der Waals surface area contributed by atoms with Crippen molar-refractivity contribution in [2.75, 3.05) is 6.61 Å². The van der Waals surface area contributed by atoms with Crippen molar-refractivity contribution in [2.24, 2.45) is 5.92 Å². The van der Waals surface area contributed by atoms with Crippen molar-refractivity contribution in [3.8, 4) is 16.9 Å². The minimum Gasteiger partial charge on any atom is -0.487 e. The van der Waals surface area contributed by atoms with Gasteiger partial charge in [0.1, 0.15) is 11.6 Å². The average Bonchev–Trinajstić information content (AvgIpc) is 2.77. The van der Waals surface area contributed by atoms with Crippen LogP contribution in [0.15, 0.2) is 54.6 Å². The van der Waals surface area contributed by atoms with E-state index < -0.39 is 23.3 Å². The highest BCUT2D eigenvalue weighted by molar-refractivity contribution is 14.1. The van der Waals surface area contributed by atoms with E-state index in [9.17, 15) is 17.6 Å². The molecule has 1 aliphatic carbocycles. The minimum absolute atomic E-state index is 0.00534. The molecule has 1 aliphatic rings. The van der Waals surface area contributed by atoms with E-state index in [1.54, 1.807) is 34.7 Å². The molecule has 162 valence electrons. The number of ether oxygens (including phenoxy) is 1. The maximum atomic E-state index is 14.5. The third-order valence-corrected chi connectivity index (χ3v) is 6.92. The molecule has 0 spiro atoms. The Bertz CT molecular complexity index is 1020. The molecule has 1 saturated carbocycles. The third-order valence-electron chi connectivity index (χ3n) is 5.89. The number of rotatable bonds is 5. The van der Waals surface area contributed by atoms with Gasteiger partial charge in [-0.1, -0.05) is 30.3 Å². The fraction of sp³-hybridized carbons (Fsp3) is 0.280. The van der Waals surface area contributed by atoms with E-state index in [1.807, 2.05) is 18.2 Å². The Morgan fingerprint density at radius 3 is 1.90 bits per heavy atom. The number of halogens is 5. The second-order valence-corrected chi connectivity index (χ2v) is 9.04. The van der Waals surface area contributed by atoms with E-state index in [-0.39, 0.29) is 27.8 Å². The van der Waals surface area contributed by atoms with Crippen molar-refractivity contribution >= 4 is 22.6 Å². The molecular weight excluding hydrogens is 519 g/mol. The van der Waals surface area contributed by atoms with Crippen molar-refractivity contribution in [3.63, 3.8) is 0 Å². The predicted molar refractivity (Wildman–Crippen MR) is 121 cm³/mol. The molecule has 0 radical (unpaired) electrons. The molecule has 3 aromatic carbocycles. The second-order valence-electron chi connectivity index (χ2n) is 7.96. The molecule has 0 bridgehead atoms. The molecule has 0 unspecified atom stereocenters. The Labute approximate surface area is 192 Å². The van der Waals surface area contributed by atoms with Crippen LogP contribution in [0, 0.1) is 32.8 Å². The maximum absolute atomic E-state index is 14.5. The van der Waals surface area contributed by atoms with Crippen molar-refractivity contribution in [1.82, 2.24) is 0 Å². The standard InChI is InChI=1S/C25H21F4IO/c26-20-10-18(11-21(27)24(20)30)17-8-6-15(7-9-17)14-31-25-22(28)12-19(13-23(25)29)16-4-2-1-3-5-16/h1-5,10-13,15,17H,6-9,14H2. The van der Waals surface area contributed by atoms with E-state index in [4.69, 9.17) is 4.74 Å². The fourth-order valence-electron chi connectivity index (χ4n) is 4.17. The maximum Gasteiger partial charge on any atom is 0.190 e. The van der Waals surface area contributed by atoms with E-state index in [0.717, 1.165) is 31.2 Å². The normalized spacial score (nSPS) is 18.7. The highest BCUT2D eigenvalue weighted by Gasteiger charge is 2.25. The van der Waals surface area contributed by atoms with Crippen LogP contribution in [0.2, 0.25) is 0 Å². The van der Waals surface area contributed by atoms with Gasteiger partial charge in [0.25, 0.3) is 0 Å². The third kappa shape index (κ3) is 5.05. The Balaban J connectivity index is 1.37. The van der Waals surface area contributed by atoms with E-state index >= 15 is 0 Å². The lowest BCUT2D eigenvalue weighted by atomic mass is 9.79. The van der Waals surface area contributed by atoms with Gasteiger partial charge in [0.2, 0.25) is 0 Å². The first-order valence-corrected chi connectivity index (χ1v) is 11.3. The van der Waals surface area contributed by atoms with Gasteiger partial charge in [-0.25, -0.2) is 17.6 Å². The number of hydrogen-bond donors (Lipinski definition) is 0. The van der Waals surface area contributed by atoms with E-state index in [0.29, 0.717) is 11.1 Å². The summed E-state index contributed by atoms with van der Waals surface area (Å²) >= 11 is 1.66. The lowest BCUT2D eigenvalue weighted by Gasteiger charge is -2.29. The van der Waals surface area contributed by atoms with Crippen LogP contribution in [0.5, 0.6) is 5.75 Å². The number of benzene rings is 3. The molecule has 0 atom stereocenters. The summed E-state index contributed by atoms with van der Waals surface area (Å²) in [5.41, 5.74) is 1.86. The van der Waals surface area contributed by atoms with Crippen LogP contribution in [-0.2, 0) is 0 Å². The van der Waals surface area contributed by atoms with Gasteiger partial charge >= 0.3 is 0 Å². The van der Waals surface area contributed by atoms with Gasteiger partial charge in [-0.05, 0) is 101 Å². The lowest BCUT2D eigenvalue weighted by molar-refractivity contribution is 0.188. The molecule has 0 aromatic heterocycles. The minimum atomic E-state index is -0.725. The van der Waals surface area contributed by atoms with Crippen LogP contribution in [0.3, 0.4) is 0 Å². The Morgan fingerprint density at radius 1 is 0.742 bits per heavy atom. The Hall–Kier alpha value is -2.09. The van der Waals surface area contributed by atoms with Crippen LogP contribution in [0.1, 0.15) is 37.2 Å². The first-order valence-electron chi connectivity index (χ1n) is 10.2. The van der Waals surface area contributed by atoms with Gasteiger partial charge < -0.3 is 4.74 Å². The highest BCUT2D eigenvalue weighted by Crippen LogP contribution is 2.38. The molecule has 0 N–H and O–H groups in total. The molecular formula is C25H21F4IO. The van der Waals surface area contributed by atoms with Gasteiger partial charge in [-0.15, -0.1) is 0 Å². The lowest BCUT2D eigenvalue weighted by Crippen LogP contribution is -2.20. The van der Waals surface area contributed by atoms with Gasteiger partial charge in [0.05, 0.1) is 10.2 Å². The van der Waals surface area contributed by atoms with E-state index in [2.05, 4.69) is 0 Å². The largest absolute Gasteiger partial charge is 0.487 e. The zero-order valence-electron chi connectivity index (χ0n) is 16.7. The first kappa shape index (κ1) is 22.1. The van der Waals surface area contributed by atoms with Crippen LogP contribution in [-0.4, -0.2) is 6.61 Å². The molecule has 0 aliphatic heterocycles. The Kier molecular flexibility index (Phi) is 6.84. The Morgan fingerprint density at radius 2 is 1.32 bits per heavy atom. The molecule has 0 saturated heterocycles. The fourth-order valence-corrected chi connectivity index (χ4v) is 4.48. The molecule has 0 heterocycles. The second kappa shape index (κ2) is 9.59. The zero-order valence-corrected chi connectivity index (χ0v) is 18.8. The van der Waals surface area contributed by atoms with Gasteiger partial charge in [-0.2, -0.15) is 0 Å².